The van der Waals surface area contributed by atoms with E-state index in [1.54, 1.807) is 0 Å². The Morgan fingerprint density at radius 1 is 1.32 bits per heavy atom. The van der Waals surface area contributed by atoms with Crippen LogP contribution in [0.3, 0.4) is 0 Å². The van der Waals surface area contributed by atoms with Crippen molar-refractivity contribution in [3.63, 3.8) is 0 Å². The van der Waals surface area contributed by atoms with Gasteiger partial charge < -0.3 is 5.32 Å². The number of hydrogen-bond donors (Lipinski definition) is 1. The molecule has 0 aliphatic heterocycles. The molecule has 0 saturated heterocycles. The van der Waals surface area contributed by atoms with Crippen LogP contribution in [0.15, 0.2) is 18.3 Å². The van der Waals surface area contributed by atoms with Crippen LogP contribution in [0.2, 0.25) is 0 Å². The molecule has 2 rings (SSSR count). The molecule has 0 aromatic carbocycles. The summed E-state index contributed by atoms with van der Waals surface area (Å²) in [4.78, 5) is 4.64. The van der Waals surface area contributed by atoms with E-state index < -0.39 is 0 Å². The van der Waals surface area contributed by atoms with Crippen molar-refractivity contribution in [1.29, 1.82) is 0 Å². The van der Waals surface area contributed by atoms with E-state index in [1.165, 1.54) is 43.4 Å². The minimum atomic E-state index is 0.440. The van der Waals surface area contributed by atoms with E-state index in [-0.39, 0.29) is 0 Å². The first kappa shape index (κ1) is 14.5. The molecule has 1 fully saturated rings. The standard InChI is InChI=1S/C17H28N2/c1-4-14-8-6-7-9-15(14)17(18-5-2)16-12-13(3)10-11-19-16/h10-12,14-15,17-18H,4-9H2,1-3H3. The van der Waals surface area contributed by atoms with Gasteiger partial charge in [-0.15, -0.1) is 0 Å². The van der Waals surface area contributed by atoms with Crippen LogP contribution in [0.25, 0.3) is 0 Å². The Hall–Kier alpha value is -0.890. The second kappa shape index (κ2) is 7.04. The summed E-state index contributed by atoms with van der Waals surface area (Å²) in [6.07, 6.45) is 8.81. The predicted molar refractivity (Wildman–Crippen MR) is 81.1 cm³/mol. The average Bonchev–Trinajstić information content (AvgIpc) is 2.45. The third-order valence-electron chi connectivity index (χ3n) is 4.60. The zero-order valence-corrected chi connectivity index (χ0v) is 12.7. The molecule has 2 nitrogen and oxygen atoms in total. The van der Waals surface area contributed by atoms with Gasteiger partial charge in [-0.25, -0.2) is 0 Å². The van der Waals surface area contributed by atoms with Gasteiger partial charge >= 0.3 is 0 Å². The molecule has 2 heteroatoms. The maximum Gasteiger partial charge on any atom is 0.0578 e. The highest BCUT2D eigenvalue weighted by molar-refractivity contribution is 5.18. The molecule has 1 aliphatic rings. The lowest BCUT2D eigenvalue weighted by Crippen LogP contribution is -2.35. The Labute approximate surface area is 118 Å². The molecule has 0 bridgehead atoms. The van der Waals surface area contributed by atoms with E-state index in [4.69, 9.17) is 0 Å². The summed E-state index contributed by atoms with van der Waals surface area (Å²) >= 11 is 0. The predicted octanol–water partition coefficient (Wildman–Crippen LogP) is 4.26. The highest BCUT2D eigenvalue weighted by Gasteiger charge is 2.31. The number of nitrogens with one attached hydrogen (secondary N) is 1. The van der Waals surface area contributed by atoms with Crippen LogP contribution in [-0.2, 0) is 0 Å². The zero-order valence-electron chi connectivity index (χ0n) is 12.7. The monoisotopic (exact) mass is 260 g/mol. The number of rotatable bonds is 5. The third-order valence-corrected chi connectivity index (χ3v) is 4.60. The van der Waals surface area contributed by atoms with Crippen LogP contribution >= 0.6 is 0 Å². The van der Waals surface area contributed by atoms with Crippen LogP contribution < -0.4 is 5.32 Å². The lowest BCUT2D eigenvalue weighted by Gasteiger charge is -2.37. The van der Waals surface area contributed by atoms with E-state index in [1.807, 2.05) is 6.20 Å². The molecule has 0 amide bonds. The van der Waals surface area contributed by atoms with Crippen LogP contribution in [0.4, 0.5) is 0 Å². The Morgan fingerprint density at radius 2 is 2.11 bits per heavy atom. The Balaban J connectivity index is 2.23. The summed E-state index contributed by atoms with van der Waals surface area (Å²) in [5.41, 5.74) is 2.56. The Kier molecular flexibility index (Phi) is 5.38. The minimum absolute atomic E-state index is 0.440. The van der Waals surface area contributed by atoms with E-state index in [0.717, 1.165) is 18.4 Å². The molecule has 3 unspecified atom stereocenters. The van der Waals surface area contributed by atoms with Crippen molar-refractivity contribution in [1.82, 2.24) is 10.3 Å². The van der Waals surface area contributed by atoms with Crippen molar-refractivity contribution in [2.75, 3.05) is 6.54 Å². The van der Waals surface area contributed by atoms with E-state index in [9.17, 15) is 0 Å². The second-order valence-corrected chi connectivity index (χ2v) is 5.91. The van der Waals surface area contributed by atoms with Gasteiger partial charge in [-0.05, 0) is 49.4 Å². The molecule has 0 spiro atoms. The molecule has 1 aromatic heterocycles. The summed E-state index contributed by atoms with van der Waals surface area (Å²) < 4.78 is 0. The highest BCUT2D eigenvalue weighted by Crippen LogP contribution is 2.39. The van der Waals surface area contributed by atoms with E-state index in [2.05, 4.69) is 43.2 Å². The van der Waals surface area contributed by atoms with Crippen molar-refractivity contribution in [2.45, 2.75) is 58.9 Å². The van der Waals surface area contributed by atoms with E-state index in [0.29, 0.717) is 6.04 Å². The summed E-state index contributed by atoms with van der Waals surface area (Å²) in [7, 11) is 0. The van der Waals surface area contributed by atoms with E-state index >= 15 is 0 Å². The molecule has 1 N–H and O–H groups in total. The van der Waals surface area contributed by atoms with Gasteiger partial charge in [-0.3, -0.25) is 4.98 Å². The van der Waals surface area contributed by atoms with Crippen molar-refractivity contribution < 1.29 is 0 Å². The molecular formula is C17H28N2. The van der Waals surface area contributed by atoms with Gasteiger partial charge in [0.2, 0.25) is 0 Å². The van der Waals surface area contributed by atoms with Gasteiger partial charge in [0.1, 0.15) is 0 Å². The maximum absolute atomic E-state index is 4.64. The van der Waals surface area contributed by atoms with Gasteiger partial charge in [0.25, 0.3) is 0 Å². The molecule has 1 aromatic rings. The topological polar surface area (TPSA) is 24.9 Å². The molecule has 1 aliphatic carbocycles. The first-order valence-corrected chi connectivity index (χ1v) is 7.92. The lowest BCUT2D eigenvalue weighted by molar-refractivity contribution is 0.174. The van der Waals surface area contributed by atoms with Gasteiger partial charge in [-0.1, -0.05) is 39.5 Å². The molecule has 0 radical (unpaired) electrons. The maximum atomic E-state index is 4.64. The minimum Gasteiger partial charge on any atom is -0.309 e. The molecule has 19 heavy (non-hydrogen) atoms. The van der Waals surface area contributed by atoms with Gasteiger partial charge in [0.05, 0.1) is 11.7 Å². The largest absolute Gasteiger partial charge is 0.309 e. The lowest BCUT2D eigenvalue weighted by atomic mass is 9.73. The molecule has 3 atom stereocenters. The smallest absolute Gasteiger partial charge is 0.0578 e. The number of aryl methyl sites for hydroxylation is 1. The van der Waals surface area contributed by atoms with Crippen molar-refractivity contribution in [3.05, 3.63) is 29.6 Å². The molecule has 1 heterocycles. The van der Waals surface area contributed by atoms with Crippen LogP contribution in [-0.4, -0.2) is 11.5 Å². The van der Waals surface area contributed by atoms with Crippen LogP contribution in [0.5, 0.6) is 0 Å². The first-order chi connectivity index (χ1) is 9.26. The number of nitrogens with zero attached hydrogens (tertiary/aromatic N) is 1. The quantitative estimate of drug-likeness (QED) is 0.855. The third kappa shape index (κ3) is 3.56. The fraction of sp³-hybridized carbons (Fsp3) is 0.706. The molecular weight excluding hydrogens is 232 g/mol. The summed E-state index contributed by atoms with van der Waals surface area (Å²) in [6.45, 7) is 7.72. The molecule has 1 saturated carbocycles. The van der Waals surface area contributed by atoms with Crippen molar-refractivity contribution >= 4 is 0 Å². The van der Waals surface area contributed by atoms with Gasteiger partial charge in [0.15, 0.2) is 0 Å². The Bertz CT molecular complexity index is 389. The normalized spacial score (nSPS) is 25.2. The Morgan fingerprint density at radius 3 is 2.79 bits per heavy atom. The summed E-state index contributed by atoms with van der Waals surface area (Å²) in [5, 5.41) is 3.70. The van der Waals surface area contributed by atoms with Gasteiger partial charge in [0, 0.05) is 6.20 Å². The average molecular weight is 260 g/mol. The first-order valence-electron chi connectivity index (χ1n) is 7.92. The number of aromatic nitrogens is 1. The van der Waals surface area contributed by atoms with Crippen LogP contribution in [0.1, 0.15) is 63.3 Å². The highest BCUT2D eigenvalue weighted by atomic mass is 14.9. The van der Waals surface area contributed by atoms with Crippen molar-refractivity contribution in [2.24, 2.45) is 11.8 Å². The number of pyridine rings is 1. The molecule has 106 valence electrons. The summed E-state index contributed by atoms with van der Waals surface area (Å²) in [6, 6.07) is 4.79. The zero-order chi connectivity index (χ0) is 13.7. The number of hydrogen-bond acceptors (Lipinski definition) is 2. The van der Waals surface area contributed by atoms with Crippen LogP contribution in [0, 0.1) is 18.8 Å². The fourth-order valence-electron chi connectivity index (χ4n) is 3.61. The SMILES string of the molecule is CCNC(c1cc(C)ccn1)C1CCCCC1CC. The van der Waals surface area contributed by atoms with Gasteiger partial charge in [-0.2, -0.15) is 0 Å². The van der Waals surface area contributed by atoms with Crippen molar-refractivity contribution in [3.8, 4) is 0 Å². The fourth-order valence-corrected chi connectivity index (χ4v) is 3.61. The summed E-state index contributed by atoms with van der Waals surface area (Å²) in [5.74, 6) is 1.62. The second-order valence-electron chi connectivity index (χ2n) is 5.91.